The second kappa shape index (κ2) is 5.65. The fraction of sp³-hybridized carbons (Fsp3) is 0.615. The quantitative estimate of drug-likeness (QED) is 0.876. The lowest BCUT2D eigenvalue weighted by molar-refractivity contribution is -0.132. The van der Waals surface area contributed by atoms with Crippen molar-refractivity contribution in [1.82, 2.24) is 4.90 Å². The van der Waals surface area contributed by atoms with Crippen molar-refractivity contribution in [3.63, 3.8) is 0 Å². The monoisotopic (exact) mass is 254 g/mol. The number of nitrogens with zero attached hydrogens (tertiary/aromatic N) is 1. The molecule has 1 aromatic rings. The van der Waals surface area contributed by atoms with Crippen molar-refractivity contribution in [3.05, 3.63) is 22.4 Å². The van der Waals surface area contributed by atoms with E-state index in [-0.39, 0.29) is 17.2 Å². The van der Waals surface area contributed by atoms with Gasteiger partial charge in [-0.05, 0) is 30.3 Å². The van der Waals surface area contributed by atoms with Crippen LogP contribution in [0.2, 0.25) is 0 Å². The van der Waals surface area contributed by atoms with Crippen molar-refractivity contribution in [2.24, 2.45) is 11.1 Å². The summed E-state index contributed by atoms with van der Waals surface area (Å²) in [5.74, 6) is 0.0996. The Morgan fingerprint density at radius 3 is 2.71 bits per heavy atom. The highest BCUT2D eigenvalue weighted by molar-refractivity contribution is 7.10. The number of hydrogen-bond donors (Lipinski definition) is 1. The van der Waals surface area contributed by atoms with Crippen LogP contribution in [0.5, 0.6) is 0 Å². The van der Waals surface area contributed by atoms with Gasteiger partial charge in [-0.1, -0.05) is 19.9 Å². The van der Waals surface area contributed by atoms with Crippen molar-refractivity contribution >= 4 is 17.2 Å². The van der Waals surface area contributed by atoms with E-state index < -0.39 is 0 Å². The van der Waals surface area contributed by atoms with Crippen molar-refractivity contribution in [2.75, 3.05) is 20.1 Å². The second-order valence-electron chi connectivity index (χ2n) is 5.30. The Bertz CT molecular complexity index is 360. The molecule has 0 saturated carbocycles. The van der Waals surface area contributed by atoms with Gasteiger partial charge in [0, 0.05) is 18.5 Å². The van der Waals surface area contributed by atoms with Crippen molar-refractivity contribution in [3.8, 4) is 0 Å². The Morgan fingerprint density at radius 2 is 2.24 bits per heavy atom. The lowest BCUT2D eigenvalue weighted by Gasteiger charge is -2.30. The van der Waals surface area contributed by atoms with Crippen LogP contribution in [-0.4, -0.2) is 30.9 Å². The highest BCUT2D eigenvalue weighted by Gasteiger charge is 2.25. The molecule has 0 fully saturated rings. The van der Waals surface area contributed by atoms with Crippen LogP contribution < -0.4 is 5.73 Å². The maximum absolute atomic E-state index is 12.2. The first-order valence-corrected chi connectivity index (χ1v) is 6.74. The van der Waals surface area contributed by atoms with Gasteiger partial charge in [-0.2, -0.15) is 0 Å². The molecule has 1 rings (SSSR count). The van der Waals surface area contributed by atoms with Gasteiger partial charge in [0.15, 0.2) is 0 Å². The Kier molecular flexibility index (Phi) is 4.71. The summed E-state index contributed by atoms with van der Waals surface area (Å²) < 4.78 is 0. The average molecular weight is 254 g/mol. The first kappa shape index (κ1) is 14.2. The predicted molar refractivity (Wildman–Crippen MR) is 73.2 cm³/mol. The molecule has 0 aliphatic carbocycles. The van der Waals surface area contributed by atoms with Crippen LogP contribution in [0.15, 0.2) is 17.5 Å². The van der Waals surface area contributed by atoms with Crippen LogP contribution in [0.4, 0.5) is 0 Å². The number of rotatable bonds is 5. The van der Waals surface area contributed by atoms with E-state index in [9.17, 15) is 4.79 Å². The molecule has 0 radical (unpaired) electrons. The zero-order valence-corrected chi connectivity index (χ0v) is 11.9. The minimum atomic E-state index is -0.0615. The largest absolute Gasteiger partial charge is 0.345 e. The predicted octanol–water partition coefficient (Wildman–Crippen LogP) is 2.29. The van der Waals surface area contributed by atoms with E-state index in [2.05, 4.69) is 13.8 Å². The van der Waals surface area contributed by atoms with E-state index in [1.807, 2.05) is 31.5 Å². The lowest BCUT2D eigenvalue weighted by Crippen LogP contribution is -2.41. The number of amides is 1. The average Bonchev–Trinajstić information content (AvgIpc) is 2.80. The minimum absolute atomic E-state index is 0.0282. The van der Waals surface area contributed by atoms with Crippen LogP contribution in [0.3, 0.4) is 0 Å². The Morgan fingerprint density at radius 1 is 1.59 bits per heavy atom. The highest BCUT2D eigenvalue weighted by atomic mass is 32.1. The molecule has 0 bridgehead atoms. The van der Waals surface area contributed by atoms with E-state index in [4.69, 9.17) is 5.73 Å². The molecule has 0 aromatic carbocycles. The Labute approximate surface area is 108 Å². The number of hydrogen-bond acceptors (Lipinski definition) is 3. The summed E-state index contributed by atoms with van der Waals surface area (Å²) in [4.78, 5) is 15.1. The molecule has 96 valence electrons. The SMILES string of the molecule is CC(C(=O)N(C)CC(C)(C)CN)c1cccs1. The molecule has 0 aliphatic rings. The molecule has 1 heterocycles. The molecule has 0 spiro atoms. The zero-order chi connectivity index (χ0) is 13.1. The third kappa shape index (κ3) is 3.82. The molecular weight excluding hydrogens is 232 g/mol. The lowest BCUT2D eigenvalue weighted by atomic mass is 9.93. The zero-order valence-electron chi connectivity index (χ0n) is 11.1. The van der Waals surface area contributed by atoms with Gasteiger partial charge < -0.3 is 10.6 Å². The maximum atomic E-state index is 12.2. The number of likely N-dealkylation sites (N-methyl/N-ethyl adjacent to an activating group) is 1. The van der Waals surface area contributed by atoms with Crippen LogP contribution in [0, 0.1) is 5.41 Å². The molecule has 1 unspecified atom stereocenters. The van der Waals surface area contributed by atoms with E-state index in [0.29, 0.717) is 13.1 Å². The summed E-state index contributed by atoms with van der Waals surface area (Å²) in [6, 6.07) is 3.99. The third-order valence-corrected chi connectivity index (χ3v) is 3.99. The normalized spacial score (nSPS) is 13.5. The van der Waals surface area contributed by atoms with Crippen LogP contribution in [-0.2, 0) is 4.79 Å². The van der Waals surface area contributed by atoms with Crippen molar-refractivity contribution in [1.29, 1.82) is 0 Å². The van der Waals surface area contributed by atoms with Gasteiger partial charge in [-0.15, -0.1) is 11.3 Å². The van der Waals surface area contributed by atoms with Gasteiger partial charge in [-0.25, -0.2) is 0 Å². The van der Waals surface area contributed by atoms with Gasteiger partial charge >= 0.3 is 0 Å². The van der Waals surface area contributed by atoms with Gasteiger partial charge in [0.2, 0.25) is 5.91 Å². The summed E-state index contributed by atoms with van der Waals surface area (Å²) in [7, 11) is 1.85. The number of carbonyl (C=O) groups excluding carboxylic acids is 1. The molecule has 1 amide bonds. The summed E-state index contributed by atoms with van der Waals surface area (Å²) in [6.45, 7) is 7.38. The van der Waals surface area contributed by atoms with E-state index >= 15 is 0 Å². The topological polar surface area (TPSA) is 46.3 Å². The molecule has 2 N–H and O–H groups in total. The first-order chi connectivity index (χ1) is 7.87. The maximum Gasteiger partial charge on any atom is 0.230 e. The summed E-state index contributed by atoms with van der Waals surface area (Å²) in [5.41, 5.74) is 5.66. The summed E-state index contributed by atoms with van der Waals surface area (Å²) in [6.07, 6.45) is 0. The van der Waals surface area contributed by atoms with Crippen LogP contribution >= 0.6 is 11.3 Å². The fourth-order valence-electron chi connectivity index (χ4n) is 1.77. The minimum Gasteiger partial charge on any atom is -0.345 e. The molecule has 17 heavy (non-hydrogen) atoms. The van der Waals surface area contributed by atoms with Crippen molar-refractivity contribution < 1.29 is 4.79 Å². The number of nitrogens with two attached hydrogens (primary N) is 1. The number of carbonyl (C=O) groups is 1. The third-order valence-electron chi connectivity index (χ3n) is 2.93. The fourth-order valence-corrected chi connectivity index (χ4v) is 2.55. The Balaban J connectivity index is 2.64. The molecule has 1 atom stereocenters. The number of thiophene rings is 1. The van der Waals surface area contributed by atoms with Crippen LogP contribution in [0.25, 0.3) is 0 Å². The van der Waals surface area contributed by atoms with Gasteiger partial charge in [0.1, 0.15) is 0 Å². The second-order valence-corrected chi connectivity index (χ2v) is 6.28. The van der Waals surface area contributed by atoms with E-state index in [1.54, 1.807) is 16.2 Å². The molecule has 4 heteroatoms. The smallest absolute Gasteiger partial charge is 0.230 e. The summed E-state index contributed by atoms with van der Waals surface area (Å²) >= 11 is 1.63. The first-order valence-electron chi connectivity index (χ1n) is 5.86. The molecule has 0 saturated heterocycles. The molecule has 3 nitrogen and oxygen atoms in total. The van der Waals surface area contributed by atoms with Crippen molar-refractivity contribution in [2.45, 2.75) is 26.7 Å². The van der Waals surface area contributed by atoms with Gasteiger partial charge in [0.25, 0.3) is 0 Å². The highest BCUT2D eigenvalue weighted by Crippen LogP contribution is 2.24. The van der Waals surface area contributed by atoms with E-state index in [0.717, 1.165) is 4.88 Å². The van der Waals surface area contributed by atoms with Gasteiger partial charge in [0.05, 0.1) is 5.92 Å². The molecule has 1 aromatic heterocycles. The Hall–Kier alpha value is -0.870. The van der Waals surface area contributed by atoms with E-state index in [1.165, 1.54) is 0 Å². The summed E-state index contributed by atoms with van der Waals surface area (Å²) in [5, 5.41) is 2.00. The molecular formula is C13H22N2OS. The van der Waals surface area contributed by atoms with Crippen LogP contribution in [0.1, 0.15) is 31.6 Å². The standard InChI is InChI=1S/C13H22N2OS/c1-10(11-6-5-7-17-11)12(16)15(4)9-13(2,3)8-14/h5-7,10H,8-9,14H2,1-4H3. The molecule has 0 aliphatic heterocycles. The van der Waals surface area contributed by atoms with Gasteiger partial charge in [-0.3, -0.25) is 4.79 Å².